The van der Waals surface area contributed by atoms with Gasteiger partial charge in [-0.1, -0.05) is 23.9 Å². The number of aromatic nitrogens is 1. The first-order chi connectivity index (χ1) is 10.6. The predicted molar refractivity (Wildman–Crippen MR) is 84.6 cm³/mol. The van der Waals surface area contributed by atoms with Crippen molar-refractivity contribution in [2.45, 2.75) is 6.42 Å². The molecule has 0 saturated carbocycles. The van der Waals surface area contributed by atoms with Gasteiger partial charge >= 0.3 is 0 Å². The molecule has 7 heteroatoms. The Labute approximate surface area is 131 Å². The number of nitrogens with zero attached hydrogens (tertiary/aromatic N) is 1. The molecule has 2 aromatic rings. The number of nitrogens with one attached hydrogen (secondary N) is 2. The minimum Gasteiger partial charge on any atom is -0.361 e. The smallest absolute Gasteiger partial charge is 0.288 e. The Morgan fingerprint density at radius 2 is 2.18 bits per heavy atom. The van der Waals surface area contributed by atoms with E-state index >= 15 is 0 Å². The Morgan fingerprint density at radius 1 is 1.32 bits per heavy atom. The number of H-pyrrole nitrogens is 1. The van der Waals surface area contributed by atoms with Crippen molar-refractivity contribution in [2.75, 3.05) is 18.8 Å². The fourth-order valence-corrected chi connectivity index (χ4v) is 3.11. The minimum atomic E-state index is -0.239. The number of aromatic amines is 1. The standard InChI is InChI=1S/C15H15N3O3S/c19-13(17-5-6-18-14(20)9-22-15(18)21)8-10-1-2-11-3-4-16-12(11)7-10/h1-4,7,16H,5-6,8-9H2,(H,17,19). The maximum absolute atomic E-state index is 11.9. The highest BCUT2D eigenvalue weighted by Crippen LogP contribution is 2.17. The summed E-state index contributed by atoms with van der Waals surface area (Å²) < 4.78 is 0. The molecule has 1 saturated heterocycles. The third kappa shape index (κ3) is 3.14. The molecular weight excluding hydrogens is 302 g/mol. The normalized spacial score (nSPS) is 14.8. The van der Waals surface area contributed by atoms with Gasteiger partial charge in [0.1, 0.15) is 0 Å². The number of hydrogen-bond acceptors (Lipinski definition) is 4. The maximum atomic E-state index is 11.9. The second-order valence-electron chi connectivity index (χ2n) is 5.03. The zero-order valence-electron chi connectivity index (χ0n) is 11.8. The van der Waals surface area contributed by atoms with E-state index in [1.165, 1.54) is 4.90 Å². The lowest BCUT2D eigenvalue weighted by molar-refractivity contribution is -0.125. The summed E-state index contributed by atoms with van der Waals surface area (Å²) in [5.74, 6) is -0.123. The van der Waals surface area contributed by atoms with Gasteiger partial charge in [-0.15, -0.1) is 0 Å². The lowest BCUT2D eigenvalue weighted by Gasteiger charge is -2.13. The van der Waals surface area contributed by atoms with Crippen LogP contribution >= 0.6 is 11.8 Å². The molecule has 0 spiro atoms. The van der Waals surface area contributed by atoms with Crippen molar-refractivity contribution < 1.29 is 14.4 Å². The molecule has 2 heterocycles. The number of amides is 3. The summed E-state index contributed by atoms with van der Waals surface area (Å²) in [6.45, 7) is 0.508. The summed E-state index contributed by atoms with van der Waals surface area (Å²) in [7, 11) is 0. The van der Waals surface area contributed by atoms with E-state index < -0.39 is 0 Å². The van der Waals surface area contributed by atoms with Gasteiger partial charge in [0.05, 0.1) is 12.2 Å². The van der Waals surface area contributed by atoms with Crippen LogP contribution in [0.1, 0.15) is 5.56 Å². The lowest BCUT2D eigenvalue weighted by atomic mass is 10.1. The highest BCUT2D eigenvalue weighted by molar-refractivity contribution is 8.14. The Bertz CT molecular complexity index is 724. The van der Waals surface area contributed by atoms with Crippen LogP contribution in [0.3, 0.4) is 0 Å². The van der Waals surface area contributed by atoms with Crippen molar-refractivity contribution in [3.8, 4) is 0 Å². The number of imide groups is 1. The van der Waals surface area contributed by atoms with E-state index in [4.69, 9.17) is 0 Å². The van der Waals surface area contributed by atoms with Gasteiger partial charge in [0.2, 0.25) is 11.8 Å². The SMILES string of the molecule is O=C(Cc1ccc2cc[nH]c2c1)NCCN1C(=O)CSC1=O. The van der Waals surface area contributed by atoms with Gasteiger partial charge in [0, 0.05) is 24.8 Å². The monoisotopic (exact) mass is 317 g/mol. The largest absolute Gasteiger partial charge is 0.361 e. The van der Waals surface area contributed by atoms with Crippen molar-refractivity contribution in [1.29, 1.82) is 0 Å². The molecule has 0 unspecified atom stereocenters. The van der Waals surface area contributed by atoms with E-state index in [9.17, 15) is 14.4 Å². The van der Waals surface area contributed by atoms with Crippen LogP contribution in [0.25, 0.3) is 10.9 Å². The van der Waals surface area contributed by atoms with Crippen LogP contribution in [0.5, 0.6) is 0 Å². The highest BCUT2D eigenvalue weighted by Gasteiger charge is 2.29. The van der Waals surface area contributed by atoms with Crippen LogP contribution in [0.2, 0.25) is 0 Å². The van der Waals surface area contributed by atoms with Crippen LogP contribution in [-0.2, 0) is 16.0 Å². The topological polar surface area (TPSA) is 82.3 Å². The van der Waals surface area contributed by atoms with E-state index in [0.29, 0.717) is 0 Å². The molecule has 1 aromatic carbocycles. The van der Waals surface area contributed by atoms with Gasteiger partial charge < -0.3 is 10.3 Å². The molecule has 1 aliphatic rings. The third-order valence-corrected chi connectivity index (χ3v) is 4.34. The zero-order valence-corrected chi connectivity index (χ0v) is 12.6. The number of benzene rings is 1. The van der Waals surface area contributed by atoms with Gasteiger partial charge in [0.25, 0.3) is 5.24 Å². The molecule has 6 nitrogen and oxygen atoms in total. The lowest BCUT2D eigenvalue weighted by Crippen LogP contribution is -2.37. The minimum absolute atomic E-state index is 0.127. The number of rotatable bonds is 5. The first-order valence-electron chi connectivity index (χ1n) is 6.93. The molecule has 2 N–H and O–H groups in total. The van der Waals surface area contributed by atoms with Crippen LogP contribution < -0.4 is 5.32 Å². The van der Waals surface area contributed by atoms with E-state index in [0.717, 1.165) is 28.2 Å². The number of carbonyl (C=O) groups excluding carboxylic acids is 3. The van der Waals surface area contributed by atoms with Crippen molar-refractivity contribution in [3.63, 3.8) is 0 Å². The first-order valence-corrected chi connectivity index (χ1v) is 7.92. The summed E-state index contributed by atoms with van der Waals surface area (Å²) >= 11 is 0.998. The molecular formula is C15H15N3O3S. The van der Waals surface area contributed by atoms with Gasteiger partial charge in [-0.25, -0.2) is 0 Å². The molecule has 22 heavy (non-hydrogen) atoms. The van der Waals surface area contributed by atoms with E-state index in [2.05, 4.69) is 10.3 Å². The maximum Gasteiger partial charge on any atom is 0.288 e. The van der Waals surface area contributed by atoms with Crippen molar-refractivity contribution in [3.05, 3.63) is 36.0 Å². The molecule has 114 valence electrons. The molecule has 1 aromatic heterocycles. The van der Waals surface area contributed by atoms with Crippen LogP contribution in [0.4, 0.5) is 4.79 Å². The highest BCUT2D eigenvalue weighted by atomic mass is 32.2. The van der Waals surface area contributed by atoms with Crippen molar-refractivity contribution >= 4 is 39.7 Å². The Morgan fingerprint density at radius 3 is 2.95 bits per heavy atom. The van der Waals surface area contributed by atoms with E-state index in [1.807, 2.05) is 30.5 Å². The van der Waals surface area contributed by atoms with Gasteiger partial charge in [-0.05, 0) is 23.1 Å². The van der Waals surface area contributed by atoms with E-state index in [-0.39, 0.29) is 42.3 Å². The summed E-state index contributed by atoms with van der Waals surface area (Å²) in [5, 5.41) is 3.60. The summed E-state index contributed by atoms with van der Waals surface area (Å²) in [6.07, 6.45) is 2.13. The molecule has 3 amide bonds. The molecule has 0 aliphatic carbocycles. The Balaban J connectivity index is 1.50. The number of fused-ring (bicyclic) bond motifs is 1. The summed E-state index contributed by atoms with van der Waals surface area (Å²) in [4.78, 5) is 39.0. The van der Waals surface area contributed by atoms with Gasteiger partial charge in [0.15, 0.2) is 0 Å². The van der Waals surface area contributed by atoms with Crippen molar-refractivity contribution in [1.82, 2.24) is 15.2 Å². The van der Waals surface area contributed by atoms with Crippen LogP contribution in [0.15, 0.2) is 30.5 Å². The number of carbonyl (C=O) groups is 3. The van der Waals surface area contributed by atoms with E-state index in [1.54, 1.807) is 0 Å². The Kier molecular flexibility index (Phi) is 4.15. The quantitative estimate of drug-likeness (QED) is 0.876. The summed E-state index contributed by atoms with van der Waals surface area (Å²) in [5.41, 5.74) is 1.91. The zero-order chi connectivity index (χ0) is 15.5. The molecule has 1 fully saturated rings. The molecule has 0 radical (unpaired) electrons. The van der Waals surface area contributed by atoms with Crippen molar-refractivity contribution in [2.24, 2.45) is 0 Å². The first kappa shape index (κ1) is 14.6. The second kappa shape index (κ2) is 6.23. The van der Waals surface area contributed by atoms with Gasteiger partial charge in [-0.2, -0.15) is 0 Å². The molecule has 0 bridgehead atoms. The van der Waals surface area contributed by atoms with Crippen LogP contribution in [0, 0.1) is 0 Å². The fraction of sp³-hybridized carbons (Fsp3) is 0.267. The fourth-order valence-electron chi connectivity index (χ4n) is 2.36. The Hall–Kier alpha value is -2.28. The molecule has 1 aliphatic heterocycles. The third-order valence-electron chi connectivity index (χ3n) is 3.48. The molecule has 0 atom stereocenters. The number of thioether (sulfide) groups is 1. The summed E-state index contributed by atoms with van der Waals surface area (Å²) in [6, 6.07) is 7.80. The molecule has 3 rings (SSSR count). The van der Waals surface area contributed by atoms with Gasteiger partial charge in [-0.3, -0.25) is 19.3 Å². The average Bonchev–Trinajstić information content (AvgIpc) is 3.07. The second-order valence-corrected chi connectivity index (χ2v) is 5.95. The van der Waals surface area contributed by atoms with Crippen LogP contribution in [-0.4, -0.2) is 45.8 Å². The average molecular weight is 317 g/mol. The number of hydrogen-bond donors (Lipinski definition) is 2. The predicted octanol–water partition coefficient (Wildman–Crippen LogP) is 1.52.